The lowest BCUT2D eigenvalue weighted by Gasteiger charge is -2.52. The summed E-state index contributed by atoms with van der Waals surface area (Å²) in [5.74, 6) is -10.6. The van der Waals surface area contributed by atoms with Gasteiger partial charge in [-0.1, -0.05) is 6.07 Å². The van der Waals surface area contributed by atoms with E-state index in [1.165, 1.54) is 11.0 Å². The lowest BCUT2D eigenvalue weighted by molar-refractivity contribution is -0.181. The molecule has 3 aliphatic carbocycles. The predicted molar refractivity (Wildman–Crippen MR) is 134 cm³/mol. The molecule has 38 heavy (non-hydrogen) atoms. The zero-order valence-corrected chi connectivity index (χ0v) is 21.5. The summed E-state index contributed by atoms with van der Waals surface area (Å²) < 4.78 is 0. The topological polar surface area (TPSA) is 168 Å². The number of aliphatic hydroxyl groups is 1. The van der Waals surface area contributed by atoms with Gasteiger partial charge in [-0.25, -0.2) is 0 Å². The van der Waals surface area contributed by atoms with Crippen molar-refractivity contribution in [3.8, 4) is 16.9 Å². The highest BCUT2D eigenvalue weighted by atomic mass is 16.3. The van der Waals surface area contributed by atoms with Gasteiger partial charge in [-0.2, -0.15) is 0 Å². The van der Waals surface area contributed by atoms with Crippen LogP contribution in [-0.2, 0) is 25.6 Å². The van der Waals surface area contributed by atoms with Gasteiger partial charge >= 0.3 is 0 Å². The van der Waals surface area contributed by atoms with E-state index in [-0.39, 0.29) is 24.2 Å². The molecule has 2 fully saturated rings. The monoisotopic (exact) mass is 519 g/mol. The van der Waals surface area contributed by atoms with Crippen LogP contribution in [0.25, 0.3) is 11.1 Å². The number of hydrogen-bond acceptors (Lipinski definition) is 9. The van der Waals surface area contributed by atoms with Crippen molar-refractivity contribution >= 4 is 29.0 Å². The number of nitrogens with zero attached hydrogens (tertiary/aromatic N) is 2. The lowest BCUT2D eigenvalue weighted by atomic mass is 9.52. The first kappa shape index (κ1) is 25.9. The summed E-state index contributed by atoms with van der Waals surface area (Å²) in [6.07, 6.45) is 0.212. The van der Waals surface area contributed by atoms with E-state index in [1.54, 1.807) is 20.2 Å². The zero-order valence-electron chi connectivity index (χ0n) is 21.5. The number of benzene rings is 1. The van der Waals surface area contributed by atoms with Gasteiger partial charge in [0.25, 0.3) is 0 Å². The van der Waals surface area contributed by atoms with Gasteiger partial charge in [0, 0.05) is 17.3 Å². The first-order valence-electron chi connectivity index (χ1n) is 12.4. The molecule has 2 saturated carbocycles. The van der Waals surface area contributed by atoms with E-state index in [4.69, 9.17) is 5.73 Å². The minimum Gasteiger partial charge on any atom is -0.507 e. The summed E-state index contributed by atoms with van der Waals surface area (Å²) in [6, 6.07) is 5.70. The van der Waals surface area contributed by atoms with E-state index >= 15 is 0 Å². The number of carbonyl (C=O) groups is 5. The van der Waals surface area contributed by atoms with Crippen LogP contribution in [0.3, 0.4) is 0 Å². The third-order valence-electron chi connectivity index (χ3n) is 8.34. The molecule has 1 aromatic heterocycles. The number of Topliss-reactive ketones (excluding diaryl/α,β-unsaturated/α-hetero) is 4. The van der Waals surface area contributed by atoms with Crippen LogP contribution in [0.5, 0.6) is 5.75 Å². The predicted octanol–water partition coefficient (Wildman–Crippen LogP) is 0.546. The van der Waals surface area contributed by atoms with Crippen molar-refractivity contribution in [3.63, 3.8) is 0 Å². The van der Waals surface area contributed by atoms with Crippen molar-refractivity contribution in [3.05, 3.63) is 46.8 Å². The van der Waals surface area contributed by atoms with Crippen LogP contribution in [0.4, 0.5) is 0 Å². The molecule has 0 aliphatic heterocycles. The van der Waals surface area contributed by atoms with E-state index in [2.05, 4.69) is 4.98 Å². The molecule has 10 nitrogen and oxygen atoms in total. The largest absolute Gasteiger partial charge is 0.507 e. The standard InChI is InChI=1S/C28H29N3O7/c1-11-7-13(8-12(2)30-11)15-5-6-18(32)20-16(15)9-14-10-17-22(31(3)4)24(34)21(27(29)37)26(36)28(17,38)25(35)19(14)23(20)33/h5-8,14,17,19,21-22,32,38H,9-10H2,1-4H3,(H2,29,37)/t14-,17-,19?,21?,22?,28-/m0/s1. The van der Waals surface area contributed by atoms with Crippen molar-refractivity contribution in [1.82, 2.24) is 9.88 Å². The number of aromatic nitrogens is 1. The maximum Gasteiger partial charge on any atom is 0.235 e. The number of rotatable bonds is 3. The number of phenolic OH excluding ortho intramolecular Hbond substituents is 1. The maximum absolute atomic E-state index is 13.9. The highest BCUT2D eigenvalue weighted by molar-refractivity contribution is 6.32. The molecule has 2 aromatic rings. The smallest absolute Gasteiger partial charge is 0.235 e. The SMILES string of the molecule is Cc1cc(-c2ccc(O)c3c2C[C@H]2C[C@H]4C(N(C)C)C(=O)C(C(N)=O)C(=O)[C@@]4(O)C(=O)C2C3=O)cc(C)n1. The van der Waals surface area contributed by atoms with Crippen molar-refractivity contribution in [2.75, 3.05) is 14.1 Å². The van der Waals surface area contributed by atoms with Gasteiger partial charge in [-0.3, -0.25) is 33.9 Å². The molecule has 1 heterocycles. The minimum absolute atomic E-state index is 0.00733. The molecule has 0 saturated heterocycles. The van der Waals surface area contributed by atoms with Crippen molar-refractivity contribution in [2.45, 2.75) is 38.3 Å². The van der Waals surface area contributed by atoms with E-state index in [1.807, 2.05) is 26.0 Å². The number of phenols is 1. The highest BCUT2D eigenvalue weighted by Crippen LogP contribution is 2.51. The van der Waals surface area contributed by atoms with Gasteiger partial charge in [0.15, 0.2) is 34.7 Å². The Labute approximate surface area is 218 Å². The van der Waals surface area contributed by atoms with Crippen LogP contribution < -0.4 is 5.73 Å². The average Bonchev–Trinajstić information content (AvgIpc) is 2.80. The average molecular weight is 520 g/mol. The third kappa shape index (κ3) is 3.47. The number of aromatic hydroxyl groups is 1. The second kappa shape index (κ2) is 8.64. The van der Waals surface area contributed by atoms with Crippen molar-refractivity contribution in [2.24, 2.45) is 29.4 Å². The molecule has 0 bridgehead atoms. The quantitative estimate of drug-likeness (QED) is 0.490. The summed E-state index contributed by atoms with van der Waals surface area (Å²) in [4.78, 5) is 72.2. The Morgan fingerprint density at radius 1 is 1.08 bits per heavy atom. The normalized spacial score (nSPS) is 30.6. The number of likely N-dealkylation sites (N-methyl/N-ethyl adjacent to an activating group) is 1. The zero-order chi connectivity index (χ0) is 27.8. The number of carbonyl (C=O) groups excluding carboxylic acids is 5. The summed E-state index contributed by atoms with van der Waals surface area (Å²) in [7, 11) is 3.11. The van der Waals surface area contributed by atoms with Gasteiger partial charge in [0.2, 0.25) is 5.91 Å². The molecule has 5 rings (SSSR count). The minimum atomic E-state index is -2.73. The number of primary amides is 1. The Hall–Kier alpha value is -3.76. The van der Waals surface area contributed by atoms with Gasteiger partial charge in [-0.05, 0) is 81.6 Å². The fraction of sp³-hybridized carbons (Fsp3) is 0.429. The fourth-order valence-electron chi connectivity index (χ4n) is 6.87. The second-order valence-electron chi connectivity index (χ2n) is 10.9. The Bertz CT molecular complexity index is 1430. The maximum atomic E-state index is 13.9. The third-order valence-corrected chi connectivity index (χ3v) is 8.34. The van der Waals surface area contributed by atoms with Gasteiger partial charge < -0.3 is 15.9 Å². The number of amides is 1. The van der Waals surface area contributed by atoms with E-state index in [0.717, 1.165) is 17.0 Å². The number of aryl methyl sites for hydroxylation is 2. The second-order valence-corrected chi connectivity index (χ2v) is 10.9. The molecule has 6 atom stereocenters. The summed E-state index contributed by atoms with van der Waals surface area (Å²) in [5, 5.41) is 22.4. The number of hydrogen-bond donors (Lipinski definition) is 3. The molecule has 10 heteroatoms. The molecule has 3 aliphatic rings. The Kier molecular flexibility index (Phi) is 5.88. The molecule has 3 unspecified atom stereocenters. The number of fused-ring (bicyclic) bond motifs is 3. The number of nitrogens with two attached hydrogens (primary N) is 1. The van der Waals surface area contributed by atoms with E-state index in [0.29, 0.717) is 11.1 Å². The van der Waals surface area contributed by atoms with E-state index < -0.39 is 64.4 Å². The van der Waals surface area contributed by atoms with Crippen LogP contribution in [0.2, 0.25) is 0 Å². The van der Waals surface area contributed by atoms with Crippen LogP contribution >= 0.6 is 0 Å². The Morgan fingerprint density at radius 3 is 2.29 bits per heavy atom. The van der Waals surface area contributed by atoms with E-state index in [9.17, 15) is 34.2 Å². The van der Waals surface area contributed by atoms with Crippen LogP contribution in [0.15, 0.2) is 24.3 Å². The molecule has 198 valence electrons. The molecule has 1 amide bonds. The summed E-state index contributed by atoms with van der Waals surface area (Å²) in [5.41, 5.74) is 6.20. The molecular formula is C28H29N3O7. The Morgan fingerprint density at radius 2 is 1.71 bits per heavy atom. The number of ketones is 4. The first-order valence-corrected chi connectivity index (χ1v) is 12.4. The summed E-state index contributed by atoms with van der Waals surface area (Å²) >= 11 is 0. The summed E-state index contributed by atoms with van der Waals surface area (Å²) in [6.45, 7) is 3.70. The molecular weight excluding hydrogens is 490 g/mol. The molecule has 0 radical (unpaired) electrons. The molecule has 4 N–H and O–H groups in total. The highest BCUT2D eigenvalue weighted by Gasteiger charge is 2.69. The van der Waals surface area contributed by atoms with Gasteiger partial charge in [-0.15, -0.1) is 0 Å². The van der Waals surface area contributed by atoms with Gasteiger partial charge in [0.05, 0.1) is 17.5 Å². The molecule has 0 spiro atoms. The fourth-order valence-corrected chi connectivity index (χ4v) is 6.87. The Balaban J connectivity index is 1.67. The van der Waals surface area contributed by atoms with Crippen molar-refractivity contribution < 1.29 is 34.2 Å². The molecule has 1 aromatic carbocycles. The van der Waals surface area contributed by atoms with Crippen molar-refractivity contribution in [1.29, 1.82) is 0 Å². The van der Waals surface area contributed by atoms with Gasteiger partial charge in [0.1, 0.15) is 5.75 Å². The first-order chi connectivity index (χ1) is 17.8. The lowest BCUT2D eigenvalue weighted by Crippen LogP contribution is -2.74. The van der Waals surface area contributed by atoms with Crippen LogP contribution in [0, 0.1) is 37.5 Å². The van der Waals surface area contributed by atoms with Crippen LogP contribution in [-0.4, -0.2) is 74.9 Å². The number of pyridine rings is 1. The van der Waals surface area contributed by atoms with Crippen LogP contribution in [0.1, 0.15) is 33.7 Å².